The number of hydrogen-bond acceptors (Lipinski definition) is 8. The number of hydrogen-bond donors (Lipinski definition) is 0. The minimum Gasteiger partial charge on any atom is -0.352 e. The fraction of sp³-hybridized carbons (Fsp3) is 0.385. The number of aromatic nitrogens is 4. The van der Waals surface area contributed by atoms with Crippen molar-refractivity contribution in [3.8, 4) is 0 Å². The number of thiophene rings is 1. The van der Waals surface area contributed by atoms with E-state index in [1.807, 2.05) is 6.20 Å². The zero-order valence-corrected chi connectivity index (χ0v) is 13.2. The van der Waals surface area contributed by atoms with Crippen molar-refractivity contribution in [2.45, 2.75) is 6.92 Å². The van der Waals surface area contributed by atoms with Gasteiger partial charge in [-0.25, -0.2) is 9.97 Å². The van der Waals surface area contributed by atoms with Gasteiger partial charge in [-0.3, -0.25) is 0 Å². The predicted molar refractivity (Wildman–Crippen MR) is 86.5 cm³/mol. The topological polar surface area (TPSA) is 58.0 Å². The number of anilines is 2. The normalized spacial score (nSPS) is 15.9. The molecule has 0 aromatic carbocycles. The molecule has 0 unspecified atom stereocenters. The van der Waals surface area contributed by atoms with Crippen LogP contribution in [0.1, 0.15) is 5.56 Å². The van der Waals surface area contributed by atoms with Gasteiger partial charge in [-0.05, 0) is 17.9 Å². The molecule has 4 rings (SSSR count). The lowest BCUT2D eigenvalue weighted by molar-refractivity contribution is 0.645. The van der Waals surface area contributed by atoms with Gasteiger partial charge in [-0.15, -0.1) is 11.3 Å². The molecule has 0 atom stereocenters. The fourth-order valence-electron chi connectivity index (χ4n) is 2.63. The molecule has 0 bridgehead atoms. The summed E-state index contributed by atoms with van der Waals surface area (Å²) >= 11 is 2.99. The molecule has 4 heterocycles. The van der Waals surface area contributed by atoms with Gasteiger partial charge < -0.3 is 9.80 Å². The molecule has 6 nitrogen and oxygen atoms in total. The maximum Gasteiger partial charge on any atom is 0.162 e. The van der Waals surface area contributed by atoms with Crippen molar-refractivity contribution < 1.29 is 0 Å². The van der Waals surface area contributed by atoms with Crippen molar-refractivity contribution in [3.63, 3.8) is 0 Å². The molecule has 21 heavy (non-hydrogen) atoms. The third kappa shape index (κ3) is 2.24. The van der Waals surface area contributed by atoms with E-state index in [0.29, 0.717) is 0 Å². The van der Waals surface area contributed by atoms with E-state index in [1.165, 1.54) is 22.0 Å². The molecule has 3 aromatic heterocycles. The lowest BCUT2D eigenvalue weighted by Gasteiger charge is -2.35. The van der Waals surface area contributed by atoms with Crippen LogP contribution in [0.25, 0.3) is 10.2 Å². The van der Waals surface area contributed by atoms with E-state index in [4.69, 9.17) is 0 Å². The van der Waals surface area contributed by atoms with Crippen LogP contribution >= 0.6 is 23.1 Å². The smallest absolute Gasteiger partial charge is 0.162 e. The summed E-state index contributed by atoms with van der Waals surface area (Å²) in [6.07, 6.45) is 3.51. The van der Waals surface area contributed by atoms with Gasteiger partial charge >= 0.3 is 0 Å². The predicted octanol–water partition coefficient (Wildman–Crippen LogP) is 2.18. The Bertz CT molecular complexity index is 745. The maximum absolute atomic E-state index is 4.51. The summed E-state index contributed by atoms with van der Waals surface area (Å²) in [7, 11) is 0. The summed E-state index contributed by atoms with van der Waals surface area (Å²) in [5.74, 6) is 2.05. The van der Waals surface area contributed by atoms with Crippen LogP contribution < -0.4 is 9.80 Å². The van der Waals surface area contributed by atoms with Crippen molar-refractivity contribution >= 4 is 44.9 Å². The van der Waals surface area contributed by atoms with Crippen molar-refractivity contribution in [2.75, 3.05) is 36.0 Å². The van der Waals surface area contributed by atoms with Crippen molar-refractivity contribution in [2.24, 2.45) is 0 Å². The van der Waals surface area contributed by atoms with E-state index in [0.717, 1.165) is 43.3 Å². The lowest BCUT2D eigenvalue weighted by Crippen LogP contribution is -2.47. The van der Waals surface area contributed by atoms with Gasteiger partial charge in [-0.1, -0.05) is 0 Å². The summed E-state index contributed by atoms with van der Waals surface area (Å²) in [6.45, 7) is 5.88. The summed E-state index contributed by atoms with van der Waals surface area (Å²) in [6, 6.07) is 0. The van der Waals surface area contributed by atoms with E-state index in [-0.39, 0.29) is 0 Å². The highest BCUT2D eigenvalue weighted by molar-refractivity contribution is 7.18. The highest BCUT2D eigenvalue weighted by atomic mass is 32.1. The number of piperazine rings is 1. The molecule has 108 valence electrons. The van der Waals surface area contributed by atoms with Crippen LogP contribution in [0.3, 0.4) is 0 Å². The Balaban J connectivity index is 1.58. The van der Waals surface area contributed by atoms with Crippen LogP contribution in [0.2, 0.25) is 0 Å². The van der Waals surface area contributed by atoms with Gasteiger partial charge in [0.2, 0.25) is 0 Å². The second kappa shape index (κ2) is 5.19. The Kier molecular flexibility index (Phi) is 3.19. The zero-order valence-electron chi connectivity index (χ0n) is 11.6. The largest absolute Gasteiger partial charge is 0.352 e. The first kappa shape index (κ1) is 12.9. The summed E-state index contributed by atoms with van der Waals surface area (Å²) in [5, 5.41) is 2.15. The van der Waals surface area contributed by atoms with Gasteiger partial charge in [0.05, 0.1) is 28.1 Å². The van der Waals surface area contributed by atoms with E-state index in [2.05, 4.69) is 40.8 Å². The molecule has 1 aliphatic rings. The van der Waals surface area contributed by atoms with E-state index in [1.54, 1.807) is 17.7 Å². The minimum atomic E-state index is 0.945. The molecule has 8 heteroatoms. The molecule has 0 N–H and O–H groups in total. The van der Waals surface area contributed by atoms with Gasteiger partial charge in [-0.2, -0.15) is 8.75 Å². The quantitative estimate of drug-likeness (QED) is 0.722. The van der Waals surface area contributed by atoms with Crippen LogP contribution in [-0.2, 0) is 0 Å². The van der Waals surface area contributed by atoms with Gasteiger partial charge in [0.25, 0.3) is 0 Å². The minimum absolute atomic E-state index is 0.945. The Morgan fingerprint density at radius 3 is 2.67 bits per heavy atom. The number of aryl methyl sites for hydroxylation is 1. The Morgan fingerprint density at radius 1 is 1.10 bits per heavy atom. The highest BCUT2D eigenvalue weighted by Crippen LogP contribution is 2.31. The average molecular weight is 318 g/mol. The Hall–Kier alpha value is -1.80. The Labute approximate surface area is 130 Å². The van der Waals surface area contributed by atoms with E-state index >= 15 is 0 Å². The third-order valence-electron chi connectivity index (χ3n) is 3.76. The first-order valence-electron chi connectivity index (χ1n) is 6.79. The van der Waals surface area contributed by atoms with Crippen LogP contribution in [0.5, 0.6) is 0 Å². The van der Waals surface area contributed by atoms with Crippen LogP contribution in [0.4, 0.5) is 11.6 Å². The van der Waals surface area contributed by atoms with Gasteiger partial charge in [0, 0.05) is 26.2 Å². The molecular weight excluding hydrogens is 304 g/mol. The summed E-state index contributed by atoms with van der Waals surface area (Å²) in [5.41, 5.74) is 2.31. The van der Waals surface area contributed by atoms with Gasteiger partial charge in [0.15, 0.2) is 5.82 Å². The highest BCUT2D eigenvalue weighted by Gasteiger charge is 2.22. The molecular formula is C13H14N6S2. The van der Waals surface area contributed by atoms with E-state index in [9.17, 15) is 0 Å². The maximum atomic E-state index is 4.51. The molecule has 0 spiro atoms. The van der Waals surface area contributed by atoms with E-state index < -0.39 is 0 Å². The molecule has 1 saturated heterocycles. The van der Waals surface area contributed by atoms with Crippen molar-refractivity contribution in [1.82, 2.24) is 18.7 Å². The summed E-state index contributed by atoms with van der Waals surface area (Å²) in [4.78, 5) is 13.5. The van der Waals surface area contributed by atoms with Crippen LogP contribution in [0.15, 0.2) is 17.9 Å². The molecule has 0 amide bonds. The summed E-state index contributed by atoms with van der Waals surface area (Å²) < 4.78 is 9.57. The molecule has 1 fully saturated rings. The third-order valence-corrected chi connectivity index (χ3v) is 5.32. The second-order valence-corrected chi connectivity index (χ2v) is 6.47. The number of nitrogens with zero attached hydrogens (tertiary/aromatic N) is 6. The molecule has 1 aliphatic heterocycles. The monoisotopic (exact) mass is 318 g/mol. The molecule has 0 radical (unpaired) electrons. The van der Waals surface area contributed by atoms with Gasteiger partial charge in [0.1, 0.15) is 12.1 Å². The first-order valence-corrected chi connectivity index (χ1v) is 8.40. The molecule has 3 aromatic rings. The fourth-order valence-corrected chi connectivity index (χ4v) is 4.08. The lowest BCUT2D eigenvalue weighted by atomic mass is 10.2. The second-order valence-electron chi connectivity index (χ2n) is 5.03. The SMILES string of the molecule is Cc1csc2c(N3CCN(c4cnsn4)CC3)ncnc12. The first-order chi connectivity index (χ1) is 10.3. The van der Waals surface area contributed by atoms with Crippen LogP contribution in [0, 0.1) is 6.92 Å². The standard InChI is InChI=1S/C13H14N6S2/c1-9-7-20-12-11(9)14-8-15-13(12)19-4-2-18(3-5-19)10-6-16-21-17-10/h6-8H,2-5H2,1H3. The number of rotatable bonds is 2. The average Bonchev–Trinajstić information content (AvgIpc) is 3.18. The Morgan fingerprint density at radius 2 is 1.90 bits per heavy atom. The van der Waals surface area contributed by atoms with Crippen molar-refractivity contribution in [3.05, 3.63) is 23.5 Å². The van der Waals surface area contributed by atoms with Crippen molar-refractivity contribution in [1.29, 1.82) is 0 Å². The van der Waals surface area contributed by atoms with Crippen LogP contribution in [-0.4, -0.2) is 44.9 Å². The zero-order chi connectivity index (χ0) is 14.2. The molecule has 0 saturated carbocycles. The number of fused-ring (bicyclic) bond motifs is 1. The molecule has 0 aliphatic carbocycles.